The van der Waals surface area contributed by atoms with E-state index in [1.54, 1.807) is 33.1 Å². The highest BCUT2D eigenvalue weighted by Crippen LogP contribution is 2.33. The molecule has 0 aliphatic carbocycles. The molecule has 40 heavy (non-hydrogen) atoms. The predicted octanol–water partition coefficient (Wildman–Crippen LogP) is 3.54. The summed E-state index contributed by atoms with van der Waals surface area (Å²) in [6.45, 7) is 12.6. The van der Waals surface area contributed by atoms with Crippen molar-refractivity contribution in [3.8, 4) is 5.75 Å². The zero-order valence-corrected chi connectivity index (χ0v) is 25.8. The van der Waals surface area contributed by atoms with E-state index in [0.717, 1.165) is 51.9 Å². The number of ether oxygens (including phenoxy) is 3. The molecule has 0 saturated carbocycles. The van der Waals surface area contributed by atoms with Crippen molar-refractivity contribution < 1.29 is 32.2 Å². The molecule has 0 bridgehead atoms. The number of carbonyl (C=O) groups is 2. The largest absolute Gasteiger partial charge is 0.497 e. The molecule has 0 spiro atoms. The number of methoxy groups -OCH3 is 1. The van der Waals surface area contributed by atoms with Gasteiger partial charge in [0.2, 0.25) is 5.91 Å². The molecule has 2 saturated heterocycles. The molecule has 2 heterocycles. The molecule has 2 fully saturated rings. The molecule has 2 aliphatic rings. The summed E-state index contributed by atoms with van der Waals surface area (Å²) in [4.78, 5) is 28.9. The third kappa shape index (κ3) is 9.07. The van der Waals surface area contributed by atoms with Crippen molar-refractivity contribution in [1.29, 1.82) is 0 Å². The molecule has 2 aliphatic heterocycles. The van der Waals surface area contributed by atoms with Gasteiger partial charge in [-0.2, -0.15) is 0 Å². The van der Waals surface area contributed by atoms with Crippen LogP contribution in [0.2, 0.25) is 0 Å². The molecule has 226 valence electrons. The summed E-state index contributed by atoms with van der Waals surface area (Å²) in [7, 11) is -1.97. The van der Waals surface area contributed by atoms with E-state index in [1.807, 2.05) is 30.6 Å². The quantitative estimate of drug-likeness (QED) is 0.418. The Morgan fingerprint density at radius 2 is 1.48 bits per heavy atom. The molecule has 11 heteroatoms. The third-order valence-corrected chi connectivity index (χ3v) is 9.52. The zero-order valence-electron chi connectivity index (χ0n) is 25.0. The van der Waals surface area contributed by atoms with Gasteiger partial charge in [-0.1, -0.05) is 0 Å². The lowest BCUT2D eigenvalue weighted by Crippen LogP contribution is -2.45. The fraction of sp³-hybridized carbons (Fsp3) is 0.724. The minimum absolute atomic E-state index is 0.00985. The van der Waals surface area contributed by atoms with Crippen molar-refractivity contribution in [2.45, 2.75) is 70.8 Å². The van der Waals surface area contributed by atoms with Crippen molar-refractivity contribution in [3.05, 3.63) is 23.3 Å². The van der Waals surface area contributed by atoms with Crippen LogP contribution in [0.5, 0.6) is 5.75 Å². The number of nitrogens with one attached hydrogen (secondary N) is 1. The molecular weight excluding hydrogens is 534 g/mol. The number of aryl methyl sites for hydroxylation is 2. The number of hydrogen-bond donors (Lipinski definition) is 1. The Bertz CT molecular complexity index is 1090. The Morgan fingerprint density at radius 3 is 1.98 bits per heavy atom. The Labute approximate surface area is 239 Å². The van der Waals surface area contributed by atoms with Gasteiger partial charge < -0.3 is 29.3 Å². The van der Waals surface area contributed by atoms with E-state index < -0.39 is 15.4 Å². The first kappa shape index (κ1) is 32.1. The first-order chi connectivity index (χ1) is 18.8. The molecule has 1 aromatic carbocycles. The minimum Gasteiger partial charge on any atom is -0.497 e. The molecule has 0 atom stereocenters. The van der Waals surface area contributed by atoms with Crippen molar-refractivity contribution >= 4 is 21.8 Å². The molecule has 0 aromatic heterocycles. The average molecular weight is 582 g/mol. The molecule has 0 unspecified atom stereocenters. The summed E-state index contributed by atoms with van der Waals surface area (Å²) in [5.41, 5.74) is 0.816. The maximum absolute atomic E-state index is 12.8. The van der Waals surface area contributed by atoms with Gasteiger partial charge in [-0.15, -0.1) is 0 Å². The van der Waals surface area contributed by atoms with E-state index in [9.17, 15) is 18.0 Å². The standard InChI is InChI=1S/C29H47N3O7S/c1-21-17-25(37-6)18-22(2)27(21)40(35,36)20-30-11-16-38-19-26(33)31-12-7-23(8-13-31)24-9-14-32(15-10-24)28(34)39-29(3,4)5/h17-18,23-24,30H,7-16,19-20H2,1-6H3. The van der Waals surface area contributed by atoms with Crippen LogP contribution in [0, 0.1) is 25.7 Å². The van der Waals surface area contributed by atoms with E-state index in [2.05, 4.69) is 5.32 Å². The number of piperidine rings is 2. The van der Waals surface area contributed by atoms with Crippen molar-refractivity contribution in [2.75, 3.05) is 58.9 Å². The smallest absolute Gasteiger partial charge is 0.410 e. The van der Waals surface area contributed by atoms with Gasteiger partial charge in [0.25, 0.3) is 0 Å². The SMILES string of the molecule is COc1cc(C)c(S(=O)(=O)CNCCOCC(=O)N2CCC(C3CCN(C(=O)OC(C)(C)C)CC3)CC2)c(C)c1. The topological polar surface area (TPSA) is 114 Å². The molecular formula is C29H47N3O7S. The minimum atomic E-state index is -3.52. The first-order valence-electron chi connectivity index (χ1n) is 14.2. The van der Waals surface area contributed by atoms with E-state index in [0.29, 0.717) is 40.2 Å². The van der Waals surface area contributed by atoms with E-state index in [1.165, 1.54) is 0 Å². The maximum Gasteiger partial charge on any atom is 0.410 e. The van der Waals surface area contributed by atoms with Crippen molar-refractivity contribution in [1.82, 2.24) is 15.1 Å². The highest BCUT2D eigenvalue weighted by atomic mass is 32.2. The Morgan fingerprint density at radius 1 is 0.950 bits per heavy atom. The molecule has 1 N–H and O–H groups in total. The molecule has 1 aromatic rings. The predicted molar refractivity (Wildman–Crippen MR) is 153 cm³/mol. The normalized spacial score (nSPS) is 17.6. The molecule has 0 radical (unpaired) electrons. The lowest BCUT2D eigenvalue weighted by Gasteiger charge is -2.40. The van der Waals surface area contributed by atoms with Crippen LogP contribution >= 0.6 is 0 Å². The summed E-state index contributed by atoms with van der Waals surface area (Å²) in [6.07, 6.45) is 3.65. The van der Waals surface area contributed by atoms with Gasteiger partial charge in [0.1, 0.15) is 23.8 Å². The zero-order chi connectivity index (χ0) is 29.5. The Hall–Kier alpha value is -2.37. The lowest BCUT2D eigenvalue weighted by atomic mass is 9.79. The Kier molecular flexibility index (Phi) is 11.3. The van der Waals surface area contributed by atoms with Crippen LogP contribution < -0.4 is 10.1 Å². The van der Waals surface area contributed by atoms with Crippen LogP contribution in [0.25, 0.3) is 0 Å². The number of sulfone groups is 1. The number of likely N-dealkylation sites (tertiary alicyclic amines) is 2. The fourth-order valence-corrected chi connectivity index (χ4v) is 7.35. The molecule has 2 amide bonds. The monoisotopic (exact) mass is 581 g/mol. The summed E-state index contributed by atoms with van der Waals surface area (Å²) >= 11 is 0. The highest BCUT2D eigenvalue weighted by molar-refractivity contribution is 7.91. The van der Waals surface area contributed by atoms with Crippen LogP contribution in [-0.4, -0.2) is 94.7 Å². The van der Waals surface area contributed by atoms with E-state index in [4.69, 9.17) is 14.2 Å². The van der Waals surface area contributed by atoms with Crippen LogP contribution in [0.15, 0.2) is 17.0 Å². The van der Waals surface area contributed by atoms with Crippen LogP contribution in [-0.2, 0) is 24.1 Å². The summed E-state index contributed by atoms with van der Waals surface area (Å²) < 4.78 is 41.9. The second-order valence-electron chi connectivity index (χ2n) is 11.9. The Balaban J connectivity index is 1.31. The van der Waals surface area contributed by atoms with Gasteiger partial charge in [0, 0.05) is 32.7 Å². The summed E-state index contributed by atoms with van der Waals surface area (Å²) in [6, 6.07) is 3.43. The van der Waals surface area contributed by atoms with Gasteiger partial charge in [0.05, 0.1) is 18.6 Å². The van der Waals surface area contributed by atoms with E-state index >= 15 is 0 Å². The number of benzene rings is 1. The van der Waals surface area contributed by atoms with Gasteiger partial charge in [-0.3, -0.25) is 4.79 Å². The molecule has 10 nitrogen and oxygen atoms in total. The molecule has 3 rings (SSSR count). The third-order valence-electron chi connectivity index (χ3n) is 7.67. The van der Waals surface area contributed by atoms with Gasteiger partial charge in [-0.05, 0) is 95.4 Å². The van der Waals surface area contributed by atoms with Gasteiger partial charge in [0.15, 0.2) is 9.84 Å². The van der Waals surface area contributed by atoms with Gasteiger partial charge >= 0.3 is 6.09 Å². The van der Waals surface area contributed by atoms with Gasteiger partial charge in [-0.25, -0.2) is 13.2 Å². The second-order valence-corrected chi connectivity index (χ2v) is 13.9. The van der Waals surface area contributed by atoms with Crippen LogP contribution in [0.4, 0.5) is 4.79 Å². The number of amides is 2. The van der Waals surface area contributed by atoms with Crippen molar-refractivity contribution in [2.24, 2.45) is 11.8 Å². The van der Waals surface area contributed by atoms with Crippen molar-refractivity contribution in [3.63, 3.8) is 0 Å². The first-order valence-corrected chi connectivity index (χ1v) is 15.9. The van der Waals surface area contributed by atoms with E-state index in [-0.39, 0.29) is 31.1 Å². The maximum atomic E-state index is 12.8. The average Bonchev–Trinajstić information content (AvgIpc) is 2.89. The fourth-order valence-electron chi connectivity index (χ4n) is 5.69. The number of carbonyl (C=O) groups excluding carboxylic acids is 2. The number of nitrogens with zero attached hydrogens (tertiary/aromatic N) is 2. The van der Waals surface area contributed by atoms with Crippen LogP contribution in [0.1, 0.15) is 57.6 Å². The summed E-state index contributed by atoms with van der Waals surface area (Å²) in [5, 5.41) is 2.92. The second kappa shape index (κ2) is 14.0. The van der Waals surface area contributed by atoms with Crippen LogP contribution in [0.3, 0.4) is 0 Å². The highest BCUT2D eigenvalue weighted by Gasteiger charge is 2.33. The number of rotatable bonds is 10. The summed E-state index contributed by atoms with van der Waals surface area (Å²) in [5.74, 6) is 1.53. The number of hydrogen-bond acceptors (Lipinski definition) is 8. The lowest BCUT2D eigenvalue weighted by molar-refractivity contribution is -0.137.